The molecule has 36 heavy (non-hydrogen) atoms. The molecule has 0 aromatic heterocycles. The van der Waals surface area contributed by atoms with Crippen LogP contribution in [0.1, 0.15) is 12.8 Å². The first-order valence-corrected chi connectivity index (χ1v) is 11.9. The first-order chi connectivity index (χ1) is 17.5. The summed E-state index contributed by atoms with van der Waals surface area (Å²) in [6.07, 6.45) is 1.50. The van der Waals surface area contributed by atoms with Gasteiger partial charge in [0.2, 0.25) is 0 Å². The maximum atomic E-state index is 12.6. The van der Waals surface area contributed by atoms with Gasteiger partial charge in [-0.2, -0.15) is 0 Å². The summed E-state index contributed by atoms with van der Waals surface area (Å²) in [4.78, 5) is 26.7. The average molecular weight is 511 g/mol. The Labute approximate surface area is 214 Å². The number of nitrogens with zero attached hydrogens (tertiary/aromatic N) is 1. The molecule has 3 aromatic rings. The van der Waals surface area contributed by atoms with Crippen LogP contribution in [0.2, 0.25) is 5.02 Å². The monoisotopic (exact) mass is 510 g/mol. The molecule has 1 aliphatic heterocycles. The van der Waals surface area contributed by atoms with Crippen molar-refractivity contribution >= 4 is 34.8 Å². The third kappa shape index (κ3) is 6.82. The number of halogens is 1. The zero-order valence-electron chi connectivity index (χ0n) is 19.9. The molecule has 1 heterocycles. The van der Waals surface area contributed by atoms with Crippen molar-refractivity contribution in [2.45, 2.75) is 12.8 Å². The summed E-state index contributed by atoms with van der Waals surface area (Å²) in [5, 5.41) is 3.47. The Bertz CT molecular complexity index is 1200. The summed E-state index contributed by atoms with van der Waals surface area (Å²) in [7, 11) is 1.56. The van der Waals surface area contributed by atoms with Gasteiger partial charge >= 0.3 is 0 Å². The zero-order chi connectivity index (χ0) is 25.3. The lowest BCUT2D eigenvalue weighted by atomic mass is 10.2. The summed E-state index contributed by atoms with van der Waals surface area (Å²) in [6, 6.07) is 19.4. The number of hydrogen-bond donors (Lipinski definition) is 1. The molecule has 0 aliphatic carbocycles. The molecule has 0 unspecified atom stereocenters. The van der Waals surface area contributed by atoms with Gasteiger partial charge in [-0.05, 0) is 67.4 Å². The van der Waals surface area contributed by atoms with Crippen molar-refractivity contribution in [1.82, 2.24) is 0 Å². The van der Waals surface area contributed by atoms with Crippen molar-refractivity contribution < 1.29 is 28.5 Å². The van der Waals surface area contributed by atoms with Crippen LogP contribution in [-0.4, -0.2) is 45.3 Å². The Morgan fingerprint density at radius 1 is 1.00 bits per heavy atom. The summed E-state index contributed by atoms with van der Waals surface area (Å²) < 4.78 is 22.0. The Balaban J connectivity index is 1.30. The fourth-order valence-corrected chi connectivity index (χ4v) is 3.78. The van der Waals surface area contributed by atoms with E-state index in [-0.39, 0.29) is 25.0 Å². The van der Waals surface area contributed by atoms with Crippen LogP contribution in [0, 0.1) is 0 Å². The fraction of sp³-hybridized carbons (Fsp3) is 0.259. The predicted molar refractivity (Wildman–Crippen MR) is 138 cm³/mol. The topological polar surface area (TPSA) is 86.3 Å². The molecule has 8 nitrogen and oxygen atoms in total. The van der Waals surface area contributed by atoms with Crippen LogP contribution < -0.4 is 29.2 Å². The van der Waals surface area contributed by atoms with Gasteiger partial charge in [-0.1, -0.05) is 17.7 Å². The third-order valence-corrected chi connectivity index (χ3v) is 5.71. The van der Waals surface area contributed by atoms with Crippen molar-refractivity contribution in [1.29, 1.82) is 0 Å². The molecule has 0 fully saturated rings. The lowest BCUT2D eigenvalue weighted by Gasteiger charge is -2.30. The standard InChI is InChI=1S/C27H27ClN2O6/c1-33-22-5-4-6-23(16-22)35-17-26(31)29-20-9-12-25-24(15-20)30(27(32)18-36-25)13-2-3-14-34-21-10-7-19(28)8-11-21/h4-12,15-16H,2-3,13-14,17-18H2,1H3,(H,29,31). The first-order valence-electron chi connectivity index (χ1n) is 11.5. The largest absolute Gasteiger partial charge is 0.497 e. The van der Waals surface area contributed by atoms with Crippen molar-refractivity contribution in [3.05, 3.63) is 71.8 Å². The number of ether oxygens (including phenoxy) is 4. The second-order valence-corrected chi connectivity index (χ2v) is 8.48. The molecule has 1 N–H and O–H groups in total. The molecule has 0 saturated carbocycles. The van der Waals surface area contributed by atoms with Gasteiger partial charge < -0.3 is 29.2 Å². The van der Waals surface area contributed by atoms with Gasteiger partial charge in [-0.25, -0.2) is 0 Å². The minimum absolute atomic E-state index is 0.0195. The number of hydrogen-bond acceptors (Lipinski definition) is 6. The maximum Gasteiger partial charge on any atom is 0.265 e. The number of rotatable bonds is 11. The molecule has 188 valence electrons. The fourth-order valence-electron chi connectivity index (χ4n) is 3.65. The lowest BCUT2D eigenvalue weighted by molar-refractivity contribution is -0.121. The number of methoxy groups -OCH3 is 1. The molecule has 0 bridgehead atoms. The molecule has 1 aliphatic rings. The number of carbonyl (C=O) groups is 2. The number of amides is 2. The molecular formula is C27H27ClN2O6. The average Bonchev–Trinajstić information content (AvgIpc) is 2.89. The lowest BCUT2D eigenvalue weighted by Crippen LogP contribution is -2.39. The van der Waals surface area contributed by atoms with Crippen molar-refractivity contribution in [2.24, 2.45) is 0 Å². The van der Waals surface area contributed by atoms with E-state index in [1.54, 1.807) is 66.6 Å². The molecule has 0 atom stereocenters. The van der Waals surface area contributed by atoms with Crippen LogP contribution in [0.4, 0.5) is 11.4 Å². The van der Waals surface area contributed by atoms with Gasteiger partial charge in [-0.3, -0.25) is 9.59 Å². The van der Waals surface area contributed by atoms with Crippen LogP contribution in [0.3, 0.4) is 0 Å². The van der Waals surface area contributed by atoms with Crippen molar-refractivity contribution in [2.75, 3.05) is 43.7 Å². The van der Waals surface area contributed by atoms with E-state index >= 15 is 0 Å². The molecule has 2 amide bonds. The van der Waals surface area contributed by atoms with Gasteiger partial charge in [-0.15, -0.1) is 0 Å². The Morgan fingerprint density at radius 2 is 1.81 bits per heavy atom. The number of benzene rings is 3. The van der Waals surface area contributed by atoms with E-state index in [4.69, 9.17) is 30.5 Å². The van der Waals surface area contributed by atoms with Crippen LogP contribution in [0.5, 0.6) is 23.0 Å². The molecule has 3 aromatic carbocycles. The van der Waals surface area contributed by atoms with E-state index in [0.29, 0.717) is 46.8 Å². The van der Waals surface area contributed by atoms with Gasteiger partial charge in [0.15, 0.2) is 13.2 Å². The second kappa shape index (κ2) is 12.2. The third-order valence-electron chi connectivity index (χ3n) is 5.46. The normalized spacial score (nSPS) is 12.4. The van der Waals surface area contributed by atoms with Gasteiger partial charge in [0, 0.05) is 23.3 Å². The zero-order valence-corrected chi connectivity index (χ0v) is 20.6. The highest BCUT2D eigenvalue weighted by Gasteiger charge is 2.25. The predicted octanol–water partition coefficient (Wildman–Crippen LogP) is 4.95. The summed E-state index contributed by atoms with van der Waals surface area (Å²) >= 11 is 5.89. The Kier molecular flexibility index (Phi) is 8.52. The van der Waals surface area contributed by atoms with Crippen LogP contribution in [-0.2, 0) is 9.59 Å². The molecule has 0 spiro atoms. The van der Waals surface area contributed by atoms with E-state index in [1.807, 2.05) is 12.1 Å². The van der Waals surface area contributed by atoms with Crippen LogP contribution in [0.15, 0.2) is 66.7 Å². The molecule has 0 saturated heterocycles. The van der Waals surface area contributed by atoms with Gasteiger partial charge in [0.1, 0.15) is 23.0 Å². The molecular weight excluding hydrogens is 484 g/mol. The van der Waals surface area contributed by atoms with E-state index < -0.39 is 0 Å². The summed E-state index contributed by atoms with van der Waals surface area (Å²) in [5.41, 5.74) is 1.17. The molecule has 9 heteroatoms. The van der Waals surface area contributed by atoms with E-state index in [2.05, 4.69) is 5.32 Å². The molecule has 4 rings (SSSR count). The highest BCUT2D eigenvalue weighted by molar-refractivity contribution is 6.30. The summed E-state index contributed by atoms with van der Waals surface area (Å²) in [5.74, 6) is 2.06. The number of anilines is 2. The number of nitrogens with one attached hydrogen (secondary N) is 1. The van der Waals surface area contributed by atoms with Crippen LogP contribution in [0.25, 0.3) is 0 Å². The van der Waals surface area contributed by atoms with Crippen molar-refractivity contribution in [3.8, 4) is 23.0 Å². The maximum absolute atomic E-state index is 12.6. The minimum atomic E-state index is -0.327. The van der Waals surface area contributed by atoms with Gasteiger partial charge in [0.05, 0.1) is 19.4 Å². The Morgan fingerprint density at radius 3 is 2.61 bits per heavy atom. The van der Waals surface area contributed by atoms with E-state index in [1.165, 1.54) is 0 Å². The smallest absolute Gasteiger partial charge is 0.265 e. The summed E-state index contributed by atoms with van der Waals surface area (Å²) in [6.45, 7) is 0.845. The number of fused-ring (bicyclic) bond motifs is 1. The highest BCUT2D eigenvalue weighted by atomic mass is 35.5. The second-order valence-electron chi connectivity index (χ2n) is 8.04. The first kappa shape index (κ1) is 25.2. The van der Waals surface area contributed by atoms with E-state index in [0.717, 1.165) is 18.6 Å². The Hall–Kier alpha value is -3.91. The number of unbranched alkanes of at least 4 members (excludes halogenated alkanes) is 1. The van der Waals surface area contributed by atoms with Gasteiger partial charge in [0.25, 0.3) is 11.8 Å². The van der Waals surface area contributed by atoms with Crippen LogP contribution >= 0.6 is 11.6 Å². The highest BCUT2D eigenvalue weighted by Crippen LogP contribution is 2.35. The van der Waals surface area contributed by atoms with Crippen molar-refractivity contribution in [3.63, 3.8) is 0 Å². The number of carbonyl (C=O) groups excluding carboxylic acids is 2. The quantitative estimate of drug-likeness (QED) is 0.367. The molecule has 0 radical (unpaired) electrons. The van der Waals surface area contributed by atoms with E-state index in [9.17, 15) is 9.59 Å². The SMILES string of the molecule is COc1cccc(OCC(=O)Nc2ccc3c(c2)N(CCCCOc2ccc(Cl)cc2)C(=O)CO3)c1. The minimum Gasteiger partial charge on any atom is -0.497 e.